The summed E-state index contributed by atoms with van der Waals surface area (Å²) in [4.78, 5) is 9.82. The lowest BCUT2D eigenvalue weighted by Gasteiger charge is -1.96. The van der Waals surface area contributed by atoms with Crippen LogP contribution in [0.2, 0.25) is 1.41 Å². The van der Waals surface area contributed by atoms with E-state index in [-0.39, 0.29) is 0 Å². The zero-order valence-corrected chi connectivity index (χ0v) is 3.59. The molecule has 0 amide bonds. The van der Waals surface area contributed by atoms with Crippen molar-refractivity contribution in [2.75, 3.05) is 6.61 Å². The Bertz CT molecular complexity index is 82.6. The van der Waals surface area contributed by atoms with Crippen molar-refractivity contribution < 1.29 is 16.4 Å². The van der Waals surface area contributed by atoms with Crippen molar-refractivity contribution in [3.05, 3.63) is 0 Å². The van der Waals surface area contributed by atoms with Gasteiger partial charge >= 0.3 is 5.97 Å². The van der Waals surface area contributed by atoms with Gasteiger partial charge in [-0.2, -0.15) is 0 Å². The van der Waals surface area contributed by atoms with Gasteiger partial charge in [-0.25, -0.2) is 0 Å². The van der Waals surface area contributed by atoms with Gasteiger partial charge in [0.1, 0.15) is 7.45 Å². The molecule has 0 spiro atoms. The number of carboxylic acid groups (broad SMARTS) is 1. The molecule has 0 heterocycles. The van der Waals surface area contributed by atoms with E-state index >= 15 is 0 Å². The number of carboxylic acids is 1. The zero-order chi connectivity index (χ0) is 6.57. The predicted molar refractivity (Wildman–Crippen MR) is 22.7 cm³/mol. The number of aliphatic carboxylic acids is 1. The number of hydrogen-bond acceptors (Lipinski definition) is 3. The average molecular weight is 107 g/mol. The van der Waals surface area contributed by atoms with Gasteiger partial charge in [-0.05, 0) is 0 Å². The molecule has 7 heavy (non-hydrogen) atoms. The Morgan fingerprint density at radius 3 is 2.71 bits per heavy atom. The van der Waals surface area contributed by atoms with E-state index in [2.05, 4.69) is 0 Å². The van der Waals surface area contributed by atoms with Crippen LogP contribution in [0.25, 0.3) is 0 Å². The van der Waals surface area contributed by atoms with Crippen LogP contribution in [0, 0.1) is 0 Å². The van der Waals surface area contributed by atoms with Crippen LogP contribution in [0.1, 0.15) is 0 Å². The minimum atomic E-state index is -1.22. The Kier molecular flexibility index (Phi) is 1.65. The number of carbonyl (C=O) groups is 1. The van der Waals surface area contributed by atoms with Crippen LogP contribution < -0.4 is 5.73 Å². The Hall–Kier alpha value is -0.610. The molecular formula is C3H7NO3. The predicted octanol–water partition coefficient (Wildman–Crippen LogP) is -1.61. The number of aliphatic hydroxyl groups excluding tert-OH is 1. The van der Waals surface area contributed by atoms with Gasteiger partial charge in [-0.15, -0.1) is 0 Å². The van der Waals surface area contributed by atoms with Gasteiger partial charge in [0.2, 0.25) is 0 Å². The first-order valence-corrected chi connectivity index (χ1v) is 1.73. The molecule has 0 aromatic rings. The number of hydrogen-bond donors (Lipinski definition) is 3. The highest BCUT2D eigenvalue weighted by molar-refractivity contribution is 5.73. The molecule has 0 aliphatic carbocycles. The summed E-state index contributed by atoms with van der Waals surface area (Å²) in [6.45, 7) is -0.557. The van der Waals surface area contributed by atoms with Crippen molar-refractivity contribution in [1.82, 2.24) is 0 Å². The van der Waals surface area contributed by atoms with Crippen LogP contribution in [-0.2, 0) is 4.79 Å². The maximum absolute atomic E-state index is 9.82. The first-order valence-electron chi connectivity index (χ1n) is 2.23. The van der Waals surface area contributed by atoms with Crippen molar-refractivity contribution in [2.24, 2.45) is 5.73 Å². The fourth-order valence-electron chi connectivity index (χ4n) is 0.0781. The maximum atomic E-state index is 9.82. The standard InChI is InChI=1S/C3H7NO3/c4-2(1-5)3(6)7/h2,5H,1,4H2,(H,6,7)/t2-/m0/s1/i/hT. The molecule has 0 bridgehead atoms. The summed E-state index contributed by atoms with van der Waals surface area (Å²) in [5, 5.41) is 16.2. The molecule has 0 rings (SSSR count). The molecule has 0 unspecified atom stereocenters. The molecule has 4 nitrogen and oxygen atoms in total. The first kappa shape index (κ1) is 4.55. The Labute approximate surface area is 42.0 Å². The van der Waals surface area contributed by atoms with Gasteiger partial charge < -0.3 is 15.9 Å². The molecule has 0 fully saturated rings. The molecule has 0 saturated carbocycles. The van der Waals surface area contributed by atoms with Crippen molar-refractivity contribution in [1.29, 1.82) is 0 Å². The molecule has 0 aromatic carbocycles. The Morgan fingerprint density at radius 1 is 2.14 bits per heavy atom. The third kappa shape index (κ3) is 2.13. The second-order valence-electron chi connectivity index (χ2n) is 1.07. The lowest BCUT2D eigenvalue weighted by Crippen LogP contribution is -2.33. The van der Waals surface area contributed by atoms with E-state index in [1.807, 2.05) is 0 Å². The van der Waals surface area contributed by atoms with Gasteiger partial charge in [-0.3, -0.25) is 4.79 Å². The van der Waals surface area contributed by atoms with Crippen molar-refractivity contribution >= 4 is 5.97 Å². The van der Waals surface area contributed by atoms with Crippen LogP contribution in [0.15, 0.2) is 0 Å². The fourth-order valence-corrected chi connectivity index (χ4v) is 0.0781. The van der Waals surface area contributed by atoms with Gasteiger partial charge in [0, 0.05) is 0 Å². The van der Waals surface area contributed by atoms with Crippen LogP contribution in [0.5, 0.6) is 0 Å². The molecule has 42 valence electrons. The second kappa shape index (κ2) is 2.54. The van der Waals surface area contributed by atoms with E-state index in [0.717, 1.165) is 0 Å². The van der Waals surface area contributed by atoms with E-state index in [9.17, 15) is 4.79 Å². The largest absolute Gasteiger partial charge is 0.480 e. The first-order chi connectivity index (χ1) is 3.72. The SMILES string of the molecule is [3H]N[C@@H](CO)C(=O)O. The smallest absolute Gasteiger partial charge is 0.322 e. The van der Waals surface area contributed by atoms with Crippen LogP contribution in [0.4, 0.5) is 0 Å². The highest BCUT2D eigenvalue weighted by Crippen LogP contribution is 1.71. The molecule has 4 heteroatoms. The average Bonchev–Trinajstić information content (AvgIpc) is 1.69. The monoisotopic (exact) mass is 107 g/mol. The lowest BCUT2D eigenvalue weighted by atomic mass is 10.3. The van der Waals surface area contributed by atoms with Crippen LogP contribution in [0.3, 0.4) is 0 Å². The van der Waals surface area contributed by atoms with Gasteiger partial charge in [0.25, 0.3) is 0 Å². The topological polar surface area (TPSA) is 83.5 Å². The molecule has 0 saturated heterocycles. The number of rotatable bonds is 3. The summed E-state index contributed by atoms with van der Waals surface area (Å²) in [5.41, 5.74) is 1.65. The molecule has 0 radical (unpaired) electrons. The minimum Gasteiger partial charge on any atom is -0.480 e. The van der Waals surface area contributed by atoms with Gasteiger partial charge in [0.05, 0.1) is 6.61 Å². The van der Waals surface area contributed by atoms with E-state index < -0.39 is 18.6 Å². The van der Waals surface area contributed by atoms with Crippen molar-refractivity contribution in [2.45, 2.75) is 6.04 Å². The molecule has 0 aliphatic heterocycles. The van der Waals surface area contributed by atoms with Crippen molar-refractivity contribution in [3.8, 4) is 0 Å². The molecule has 1 atom stereocenters. The van der Waals surface area contributed by atoms with E-state index in [4.69, 9.17) is 11.6 Å². The molecule has 4 N–H and O–H groups in total. The normalized spacial score (nSPS) is 15.3. The number of aliphatic hydroxyl groups is 1. The summed E-state index contributed by atoms with van der Waals surface area (Å²) in [6.07, 6.45) is 0. The Morgan fingerprint density at radius 2 is 2.71 bits per heavy atom. The summed E-state index contributed by atoms with van der Waals surface area (Å²) >= 11 is 0. The zero-order valence-electron chi connectivity index (χ0n) is 4.59. The summed E-state index contributed by atoms with van der Waals surface area (Å²) < 4.78 is 6.30. The number of nitrogens with two attached hydrogens (primary N) is 1. The molecule has 0 aromatic heterocycles. The fraction of sp³-hybridized carbons (Fsp3) is 0.667. The van der Waals surface area contributed by atoms with E-state index in [0.29, 0.717) is 0 Å². The van der Waals surface area contributed by atoms with Gasteiger partial charge in [0.15, 0.2) is 0 Å². The third-order valence-corrected chi connectivity index (χ3v) is 0.481. The van der Waals surface area contributed by atoms with Gasteiger partial charge in [-0.1, -0.05) is 0 Å². The second-order valence-corrected chi connectivity index (χ2v) is 1.07. The van der Waals surface area contributed by atoms with Crippen LogP contribution >= 0.6 is 0 Å². The van der Waals surface area contributed by atoms with Crippen molar-refractivity contribution in [3.63, 3.8) is 0 Å². The highest BCUT2D eigenvalue weighted by Gasteiger charge is 2.06. The summed E-state index contributed by atoms with van der Waals surface area (Å²) in [6, 6.07) is -1.16. The third-order valence-electron chi connectivity index (χ3n) is 0.481. The quantitative estimate of drug-likeness (QED) is 0.405. The maximum Gasteiger partial charge on any atom is 0.322 e. The Balaban J connectivity index is 3.52. The van der Waals surface area contributed by atoms with Crippen LogP contribution in [-0.4, -0.2) is 28.8 Å². The summed E-state index contributed by atoms with van der Waals surface area (Å²) in [5.74, 6) is -1.22. The lowest BCUT2D eigenvalue weighted by molar-refractivity contribution is -0.139. The molecular weight excluding hydrogens is 98.0 g/mol. The van der Waals surface area contributed by atoms with E-state index in [1.54, 1.807) is 5.73 Å². The molecule has 0 aliphatic rings. The minimum absolute atomic E-state index is 0.557. The summed E-state index contributed by atoms with van der Waals surface area (Å²) in [7, 11) is 0. The highest BCUT2D eigenvalue weighted by atomic mass is 16.4. The van der Waals surface area contributed by atoms with E-state index in [1.165, 1.54) is 0 Å².